The number of nitriles is 1. The minimum Gasteiger partial charge on any atom is -0.451 e. The summed E-state index contributed by atoms with van der Waals surface area (Å²) in [7, 11) is 0. The Balaban J connectivity index is 1.42. The monoisotopic (exact) mass is 477 g/mol. The number of para-hydroxylation sites is 1. The fraction of sp³-hybridized carbons (Fsp3) is 0.0741. The van der Waals surface area contributed by atoms with Crippen molar-refractivity contribution in [3.63, 3.8) is 0 Å². The predicted molar refractivity (Wildman–Crippen MR) is 135 cm³/mol. The Labute approximate surface area is 205 Å². The summed E-state index contributed by atoms with van der Waals surface area (Å²) in [5, 5.41) is 26.0. The van der Waals surface area contributed by atoms with Crippen LogP contribution in [-0.2, 0) is 6.54 Å². The normalized spacial score (nSPS) is 11.2. The number of non-ortho nitro benzene ring substituents is 1. The molecule has 1 amide bonds. The second-order valence-corrected chi connectivity index (χ2v) is 8.16. The first-order chi connectivity index (χ1) is 17.5. The van der Waals surface area contributed by atoms with E-state index in [0.717, 1.165) is 27.7 Å². The summed E-state index contributed by atoms with van der Waals surface area (Å²) in [5.41, 5.74) is 7.02. The molecule has 3 aromatic carbocycles. The highest BCUT2D eigenvalue weighted by molar-refractivity contribution is 6.02. The van der Waals surface area contributed by atoms with Gasteiger partial charge in [-0.3, -0.25) is 14.9 Å². The lowest BCUT2D eigenvalue weighted by Crippen LogP contribution is -2.16. The minimum absolute atomic E-state index is 0.00471. The van der Waals surface area contributed by atoms with E-state index in [0.29, 0.717) is 23.1 Å². The van der Waals surface area contributed by atoms with Gasteiger partial charge in [-0.1, -0.05) is 36.4 Å². The average molecular weight is 477 g/mol. The Bertz CT molecular complexity index is 1720. The summed E-state index contributed by atoms with van der Waals surface area (Å²) >= 11 is 0. The van der Waals surface area contributed by atoms with Gasteiger partial charge in [-0.05, 0) is 36.8 Å². The van der Waals surface area contributed by atoms with E-state index in [9.17, 15) is 20.2 Å². The number of carbonyl (C=O) groups excluding carboxylic acids is 1. The fourth-order valence-corrected chi connectivity index (χ4v) is 4.23. The number of carbonyl (C=O) groups is 1. The average Bonchev–Trinajstić information content (AvgIpc) is 3.43. The highest BCUT2D eigenvalue weighted by Crippen LogP contribution is 2.27. The molecule has 0 bridgehead atoms. The highest BCUT2D eigenvalue weighted by Gasteiger charge is 2.16. The van der Waals surface area contributed by atoms with Crippen molar-refractivity contribution in [1.82, 2.24) is 9.99 Å². The van der Waals surface area contributed by atoms with E-state index in [1.54, 1.807) is 12.3 Å². The number of rotatable bonds is 6. The van der Waals surface area contributed by atoms with Crippen molar-refractivity contribution in [1.29, 1.82) is 5.26 Å². The van der Waals surface area contributed by atoms with E-state index >= 15 is 0 Å². The molecular weight excluding hydrogens is 458 g/mol. The second kappa shape index (κ2) is 9.19. The molecular formula is C27H19N5O4. The van der Waals surface area contributed by atoms with Crippen molar-refractivity contribution in [3.8, 4) is 6.07 Å². The van der Waals surface area contributed by atoms with Gasteiger partial charge in [-0.25, -0.2) is 5.43 Å². The Morgan fingerprint density at radius 1 is 1.17 bits per heavy atom. The van der Waals surface area contributed by atoms with Crippen LogP contribution in [0.5, 0.6) is 0 Å². The first-order valence-corrected chi connectivity index (χ1v) is 11.0. The Morgan fingerprint density at radius 3 is 2.75 bits per heavy atom. The first kappa shape index (κ1) is 22.6. The second-order valence-electron chi connectivity index (χ2n) is 8.16. The molecule has 1 N–H and O–H groups in total. The van der Waals surface area contributed by atoms with E-state index in [1.165, 1.54) is 24.3 Å². The lowest BCUT2D eigenvalue weighted by molar-refractivity contribution is -0.384. The van der Waals surface area contributed by atoms with Crippen LogP contribution in [0.1, 0.15) is 32.9 Å². The third-order valence-electron chi connectivity index (χ3n) is 6.04. The number of nitro benzene ring substituents is 1. The predicted octanol–water partition coefficient (Wildman–Crippen LogP) is 5.29. The van der Waals surface area contributed by atoms with Gasteiger partial charge in [0.15, 0.2) is 5.76 Å². The van der Waals surface area contributed by atoms with Crippen LogP contribution in [0.2, 0.25) is 0 Å². The van der Waals surface area contributed by atoms with E-state index < -0.39 is 10.8 Å². The van der Waals surface area contributed by atoms with Crippen LogP contribution >= 0.6 is 0 Å². The molecule has 36 heavy (non-hydrogen) atoms. The van der Waals surface area contributed by atoms with Crippen molar-refractivity contribution in [3.05, 3.63) is 111 Å². The van der Waals surface area contributed by atoms with Crippen molar-refractivity contribution in [2.45, 2.75) is 13.5 Å². The third-order valence-corrected chi connectivity index (χ3v) is 6.04. The molecule has 176 valence electrons. The van der Waals surface area contributed by atoms with E-state index in [2.05, 4.69) is 21.2 Å². The molecule has 0 saturated heterocycles. The molecule has 0 aliphatic carbocycles. The molecule has 2 heterocycles. The fourth-order valence-electron chi connectivity index (χ4n) is 4.23. The molecule has 0 radical (unpaired) electrons. The number of amides is 1. The van der Waals surface area contributed by atoms with Crippen molar-refractivity contribution in [2.24, 2.45) is 5.10 Å². The van der Waals surface area contributed by atoms with Crippen LogP contribution in [0.3, 0.4) is 0 Å². The van der Waals surface area contributed by atoms with Gasteiger partial charge >= 0.3 is 5.91 Å². The van der Waals surface area contributed by atoms with Gasteiger partial charge in [0.1, 0.15) is 5.58 Å². The standard InChI is InChI=1S/C27H19N5O4/c1-17-23(15-29-30-27(33)26-13-20-12-21(32(34)35)10-11-25(20)36-26)22-8-4-5-9-24(22)31(17)16-19-7-3-2-6-18(19)14-28/h2-13,15H,16H2,1H3,(H,30,33)/b29-15-. The summed E-state index contributed by atoms with van der Waals surface area (Å²) in [6, 6.07) is 23.1. The summed E-state index contributed by atoms with van der Waals surface area (Å²) in [6.07, 6.45) is 1.58. The highest BCUT2D eigenvalue weighted by atomic mass is 16.6. The number of aromatic nitrogens is 1. The SMILES string of the molecule is Cc1c(/C=N\NC(=O)c2cc3cc([N+](=O)[O-])ccc3o2)c2ccccc2n1Cc1ccccc1C#N. The van der Waals surface area contributed by atoms with Gasteiger partial charge in [0.2, 0.25) is 0 Å². The largest absolute Gasteiger partial charge is 0.451 e. The molecule has 2 aromatic heterocycles. The maximum Gasteiger partial charge on any atom is 0.307 e. The summed E-state index contributed by atoms with van der Waals surface area (Å²) in [4.78, 5) is 23.1. The van der Waals surface area contributed by atoms with E-state index in [-0.39, 0.29) is 11.4 Å². The number of nitrogens with zero attached hydrogens (tertiary/aromatic N) is 4. The van der Waals surface area contributed by atoms with Gasteiger partial charge in [-0.15, -0.1) is 0 Å². The number of nitro groups is 1. The van der Waals surface area contributed by atoms with Crippen LogP contribution in [0.4, 0.5) is 5.69 Å². The number of hydrogen-bond donors (Lipinski definition) is 1. The molecule has 9 heteroatoms. The lowest BCUT2D eigenvalue weighted by Gasteiger charge is -2.10. The molecule has 0 aliphatic rings. The van der Waals surface area contributed by atoms with Gasteiger partial charge in [0.05, 0.1) is 22.8 Å². The Kier molecular flexibility index (Phi) is 5.76. The topological polar surface area (TPSA) is 126 Å². The Morgan fingerprint density at radius 2 is 1.94 bits per heavy atom. The van der Waals surface area contributed by atoms with Crippen LogP contribution in [0, 0.1) is 28.4 Å². The third kappa shape index (κ3) is 4.08. The van der Waals surface area contributed by atoms with Gasteiger partial charge in [0, 0.05) is 46.2 Å². The van der Waals surface area contributed by atoms with Crippen molar-refractivity contribution >= 4 is 39.7 Å². The van der Waals surface area contributed by atoms with E-state index in [4.69, 9.17) is 4.42 Å². The van der Waals surface area contributed by atoms with Gasteiger partial charge in [-0.2, -0.15) is 10.4 Å². The zero-order valence-corrected chi connectivity index (χ0v) is 19.1. The quantitative estimate of drug-likeness (QED) is 0.202. The number of furan rings is 1. The summed E-state index contributed by atoms with van der Waals surface area (Å²) < 4.78 is 7.63. The number of hydrazone groups is 1. The zero-order valence-electron chi connectivity index (χ0n) is 19.1. The van der Waals surface area contributed by atoms with Crippen LogP contribution in [-0.4, -0.2) is 21.6 Å². The zero-order chi connectivity index (χ0) is 25.2. The molecule has 5 aromatic rings. The van der Waals surface area contributed by atoms with Gasteiger partial charge in [0.25, 0.3) is 5.69 Å². The maximum atomic E-state index is 12.6. The molecule has 0 spiro atoms. The molecule has 0 aliphatic heterocycles. The number of fused-ring (bicyclic) bond motifs is 2. The van der Waals surface area contributed by atoms with Crippen LogP contribution < -0.4 is 5.43 Å². The molecule has 0 fully saturated rings. The minimum atomic E-state index is -0.575. The number of benzene rings is 3. The van der Waals surface area contributed by atoms with Crippen LogP contribution in [0.15, 0.2) is 82.3 Å². The van der Waals surface area contributed by atoms with Gasteiger partial charge < -0.3 is 8.98 Å². The molecule has 5 rings (SSSR count). The number of nitrogens with one attached hydrogen (secondary N) is 1. The summed E-state index contributed by atoms with van der Waals surface area (Å²) in [6.45, 7) is 2.48. The molecule has 9 nitrogen and oxygen atoms in total. The smallest absolute Gasteiger partial charge is 0.307 e. The molecule has 0 saturated carbocycles. The maximum absolute atomic E-state index is 12.6. The van der Waals surface area contributed by atoms with E-state index in [1.807, 2.05) is 49.4 Å². The number of hydrogen-bond acceptors (Lipinski definition) is 6. The first-order valence-electron chi connectivity index (χ1n) is 11.0. The molecule has 0 atom stereocenters. The molecule has 0 unspecified atom stereocenters. The van der Waals surface area contributed by atoms with Crippen molar-refractivity contribution < 1.29 is 14.1 Å². The van der Waals surface area contributed by atoms with Crippen LogP contribution in [0.25, 0.3) is 21.9 Å². The Hall–Kier alpha value is -5.23. The summed E-state index contributed by atoms with van der Waals surface area (Å²) in [5.74, 6) is -0.579. The lowest BCUT2D eigenvalue weighted by atomic mass is 10.1. The van der Waals surface area contributed by atoms with Crippen molar-refractivity contribution in [2.75, 3.05) is 0 Å².